The summed E-state index contributed by atoms with van der Waals surface area (Å²) < 4.78 is 5.80. The summed E-state index contributed by atoms with van der Waals surface area (Å²) >= 11 is 0. The predicted molar refractivity (Wildman–Crippen MR) is 166 cm³/mol. The number of nitro groups is 2. The van der Waals surface area contributed by atoms with Crippen molar-refractivity contribution in [1.29, 1.82) is 0 Å². The van der Waals surface area contributed by atoms with Gasteiger partial charge in [-0.05, 0) is 84.9 Å². The number of rotatable bonds is 8. The fourth-order valence-electron chi connectivity index (χ4n) is 8.82. The molecule has 0 N–H and O–H groups in total. The summed E-state index contributed by atoms with van der Waals surface area (Å²) in [5.41, 5.74) is 2.08. The first-order valence-electron chi connectivity index (χ1n) is 16.0. The van der Waals surface area contributed by atoms with Crippen molar-refractivity contribution in [3.8, 4) is 0 Å². The quantitative estimate of drug-likeness (QED) is 0.129. The van der Waals surface area contributed by atoms with E-state index in [2.05, 4.69) is 65.8 Å². The third-order valence-electron chi connectivity index (χ3n) is 11.8. The van der Waals surface area contributed by atoms with Crippen LogP contribution in [0.2, 0.25) is 0 Å². The summed E-state index contributed by atoms with van der Waals surface area (Å²) in [6.45, 7) is 14.2. The average molecular weight is 591 g/mol. The normalized spacial score (nSPS) is 33.1. The largest absolute Gasteiger partial charge is 0.458 e. The average Bonchev–Trinajstić information content (AvgIpc) is 3.32. The number of allylic oxidation sites excluding steroid dienone is 5. The van der Waals surface area contributed by atoms with Gasteiger partial charge >= 0.3 is 5.97 Å². The van der Waals surface area contributed by atoms with E-state index < -0.39 is 27.2 Å². The number of carbonyl (C=O) groups is 1. The predicted octanol–water partition coefficient (Wildman–Crippen LogP) is 9.01. The van der Waals surface area contributed by atoms with E-state index >= 15 is 0 Å². The fourth-order valence-corrected chi connectivity index (χ4v) is 8.82. The minimum absolute atomic E-state index is 0.0228. The molecule has 1 aromatic carbocycles. The third-order valence-corrected chi connectivity index (χ3v) is 11.8. The van der Waals surface area contributed by atoms with Gasteiger partial charge in [-0.3, -0.25) is 20.2 Å². The molecule has 0 saturated heterocycles. The van der Waals surface area contributed by atoms with Gasteiger partial charge in [0, 0.05) is 18.6 Å². The van der Waals surface area contributed by atoms with Gasteiger partial charge in [0.15, 0.2) is 0 Å². The number of hydrogen-bond donors (Lipinski definition) is 0. The lowest BCUT2D eigenvalue weighted by molar-refractivity contribution is -0.394. The molecule has 0 unspecified atom stereocenters. The molecular formula is C35H46N2O6. The molecule has 0 aliphatic heterocycles. The minimum atomic E-state index is -0.760. The van der Waals surface area contributed by atoms with E-state index in [0.717, 1.165) is 24.6 Å². The maximum Gasteiger partial charge on any atom is 0.338 e. The van der Waals surface area contributed by atoms with E-state index in [-0.39, 0.29) is 17.1 Å². The molecular weight excluding hydrogens is 544 g/mol. The van der Waals surface area contributed by atoms with Crippen LogP contribution in [-0.2, 0) is 4.74 Å². The first kappa shape index (κ1) is 31.1. The Labute approximate surface area is 255 Å². The van der Waals surface area contributed by atoms with Gasteiger partial charge in [-0.2, -0.15) is 0 Å². The summed E-state index contributed by atoms with van der Waals surface area (Å²) in [5.74, 6) is 2.83. The van der Waals surface area contributed by atoms with Crippen molar-refractivity contribution in [2.24, 2.45) is 46.3 Å². The molecule has 8 atom stereocenters. The van der Waals surface area contributed by atoms with Crippen molar-refractivity contribution in [2.75, 3.05) is 0 Å². The first-order valence-corrected chi connectivity index (χ1v) is 16.0. The summed E-state index contributed by atoms with van der Waals surface area (Å²) in [6.07, 6.45) is 16.3. The topological polar surface area (TPSA) is 113 Å². The highest BCUT2D eigenvalue weighted by Gasteiger charge is 2.57. The van der Waals surface area contributed by atoms with Crippen LogP contribution >= 0.6 is 0 Å². The van der Waals surface area contributed by atoms with Crippen LogP contribution in [0.3, 0.4) is 0 Å². The van der Waals surface area contributed by atoms with Crippen molar-refractivity contribution in [2.45, 2.75) is 92.6 Å². The van der Waals surface area contributed by atoms with Gasteiger partial charge in [-0.25, -0.2) is 4.79 Å². The number of esters is 1. The van der Waals surface area contributed by atoms with Gasteiger partial charge < -0.3 is 4.74 Å². The molecule has 43 heavy (non-hydrogen) atoms. The van der Waals surface area contributed by atoms with Crippen LogP contribution in [0.4, 0.5) is 11.4 Å². The fraction of sp³-hybridized carbons (Fsp3) is 0.629. The van der Waals surface area contributed by atoms with E-state index in [1.54, 1.807) is 5.57 Å². The lowest BCUT2D eigenvalue weighted by Crippen LogP contribution is -2.46. The van der Waals surface area contributed by atoms with Crippen LogP contribution in [-0.4, -0.2) is 21.9 Å². The highest BCUT2D eigenvalue weighted by molar-refractivity contribution is 5.91. The molecule has 0 bridgehead atoms. The van der Waals surface area contributed by atoms with E-state index in [1.807, 2.05) is 0 Å². The number of fused-ring (bicyclic) bond motifs is 5. The van der Waals surface area contributed by atoms with Crippen molar-refractivity contribution in [3.05, 3.63) is 79.4 Å². The number of carbonyl (C=O) groups excluding carboxylic acids is 1. The molecule has 0 spiro atoms. The Bertz CT molecular complexity index is 1360. The van der Waals surface area contributed by atoms with Gasteiger partial charge in [0.05, 0.1) is 21.5 Å². The van der Waals surface area contributed by atoms with E-state index in [9.17, 15) is 25.0 Å². The molecule has 8 nitrogen and oxygen atoms in total. The van der Waals surface area contributed by atoms with E-state index in [4.69, 9.17) is 4.74 Å². The second-order valence-electron chi connectivity index (χ2n) is 14.5. The molecule has 0 heterocycles. The van der Waals surface area contributed by atoms with Crippen LogP contribution in [0.1, 0.15) is 96.8 Å². The summed E-state index contributed by atoms with van der Waals surface area (Å²) in [5, 5.41) is 22.6. The number of hydrogen-bond acceptors (Lipinski definition) is 6. The van der Waals surface area contributed by atoms with Crippen molar-refractivity contribution >= 4 is 17.3 Å². The monoisotopic (exact) mass is 590 g/mol. The molecule has 8 heteroatoms. The van der Waals surface area contributed by atoms with Crippen LogP contribution < -0.4 is 0 Å². The van der Waals surface area contributed by atoms with Crippen molar-refractivity contribution in [1.82, 2.24) is 0 Å². The number of benzene rings is 1. The summed E-state index contributed by atoms with van der Waals surface area (Å²) in [7, 11) is 0. The van der Waals surface area contributed by atoms with Gasteiger partial charge in [0.1, 0.15) is 6.10 Å². The first-order chi connectivity index (χ1) is 20.2. The third kappa shape index (κ3) is 5.69. The SMILES string of the molecule is CC(C)[C@@H](C)/C=C/[C@@H](C)[C@@H]1CC[C@@H]2C3=CC=C4C[C@@H](OC(=O)c5cc([N+](=O)[O-])cc([N+](=O)[O-])c5)CC[C@@]4(C)[C@H]3CC[C@@]21C. The van der Waals surface area contributed by atoms with Crippen LogP contribution in [0.25, 0.3) is 0 Å². The Kier molecular flexibility index (Phi) is 8.45. The number of nitrogens with zero attached hydrogens (tertiary/aromatic N) is 2. The zero-order valence-electron chi connectivity index (χ0n) is 26.4. The zero-order valence-corrected chi connectivity index (χ0v) is 26.4. The minimum Gasteiger partial charge on any atom is -0.458 e. The Morgan fingerprint density at radius 3 is 2.21 bits per heavy atom. The molecule has 3 saturated carbocycles. The van der Waals surface area contributed by atoms with Crippen molar-refractivity contribution < 1.29 is 19.4 Å². The van der Waals surface area contributed by atoms with E-state index in [0.29, 0.717) is 53.8 Å². The molecule has 232 valence electrons. The second-order valence-corrected chi connectivity index (χ2v) is 14.5. The molecule has 0 amide bonds. The molecule has 3 fully saturated rings. The maximum absolute atomic E-state index is 13.0. The van der Waals surface area contributed by atoms with Crippen LogP contribution in [0.5, 0.6) is 0 Å². The molecule has 0 aromatic heterocycles. The smallest absolute Gasteiger partial charge is 0.338 e. The lowest BCUT2D eigenvalue weighted by Gasteiger charge is -2.55. The number of non-ortho nitro benzene ring substituents is 2. The van der Waals surface area contributed by atoms with Crippen molar-refractivity contribution in [3.63, 3.8) is 0 Å². The number of nitro benzene ring substituents is 2. The van der Waals surface area contributed by atoms with Gasteiger partial charge in [-0.1, -0.05) is 77.0 Å². The van der Waals surface area contributed by atoms with Crippen LogP contribution in [0.15, 0.2) is 53.6 Å². The molecule has 0 radical (unpaired) electrons. The van der Waals surface area contributed by atoms with Gasteiger partial charge in [0.2, 0.25) is 0 Å². The van der Waals surface area contributed by atoms with E-state index in [1.165, 1.54) is 31.3 Å². The molecule has 4 aliphatic rings. The molecule has 4 aliphatic carbocycles. The van der Waals surface area contributed by atoms with Gasteiger partial charge in [-0.15, -0.1) is 0 Å². The number of ether oxygens (including phenoxy) is 1. The summed E-state index contributed by atoms with van der Waals surface area (Å²) in [4.78, 5) is 34.1. The highest BCUT2D eigenvalue weighted by atomic mass is 16.6. The van der Waals surface area contributed by atoms with Gasteiger partial charge in [0.25, 0.3) is 11.4 Å². The lowest BCUT2D eigenvalue weighted by atomic mass is 9.50. The standard InChI is InChI=1S/C35H46N2O6/c1-21(2)22(3)7-8-23(4)30-11-12-31-29-10-9-25-19-28(13-15-34(25,5)32(29)14-16-35(30,31)6)43-33(38)24-17-26(36(39)40)20-27(18-24)37(41)42/h7-10,17-18,20-23,28,30-32H,11-16,19H2,1-6H3/b8-7+/t22-,23+,28-,30-,31+,32-,34+,35+/m0/s1. The molecule has 5 rings (SSSR count). The Morgan fingerprint density at radius 2 is 1.58 bits per heavy atom. The second kappa shape index (κ2) is 11.7. The Morgan fingerprint density at radius 1 is 0.907 bits per heavy atom. The Balaban J connectivity index is 1.31. The van der Waals surface area contributed by atoms with Crippen LogP contribution in [0, 0.1) is 66.6 Å². The Hall–Kier alpha value is -3.29. The summed E-state index contributed by atoms with van der Waals surface area (Å²) in [6, 6.07) is 2.95. The molecule has 1 aromatic rings. The highest BCUT2D eigenvalue weighted by Crippen LogP contribution is 2.66. The maximum atomic E-state index is 13.0. The zero-order chi connectivity index (χ0) is 31.3.